The van der Waals surface area contributed by atoms with E-state index in [-0.39, 0.29) is 51.2 Å². The molecular weight excluding hydrogens is 445 g/mol. The van der Waals surface area contributed by atoms with Crippen LogP contribution in [0, 0.1) is 6.92 Å². The topological polar surface area (TPSA) is 89.6 Å². The number of halogens is 3. The molecule has 3 N–H and O–H groups in total. The van der Waals surface area contributed by atoms with Crippen LogP contribution < -0.4 is 10.5 Å². The summed E-state index contributed by atoms with van der Waals surface area (Å²) in [5, 5.41) is 8.71. The summed E-state index contributed by atoms with van der Waals surface area (Å²) in [6.45, 7) is 6.01. The highest BCUT2D eigenvalue weighted by Crippen LogP contribution is 2.38. The molecule has 9 heteroatoms. The number of aryl methyl sites for hydroxylation is 1. The highest BCUT2D eigenvalue weighted by atomic mass is 35.5. The smallest absolute Gasteiger partial charge is 0.208 e. The molecule has 0 amide bonds. The third-order valence-electron chi connectivity index (χ3n) is 3.19. The molecule has 0 aromatic heterocycles. The molecule has 0 saturated heterocycles. The molecule has 158 valence electrons. The van der Waals surface area contributed by atoms with Crippen LogP contribution in [-0.2, 0) is 9.84 Å². The molecule has 0 saturated carbocycles. The van der Waals surface area contributed by atoms with E-state index in [1.54, 1.807) is 12.1 Å². The number of benzene rings is 2. The van der Waals surface area contributed by atoms with E-state index in [2.05, 4.69) is 0 Å². The second-order valence-electron chi connectivity index (χ2n) is 6.18. The highest BCUT2D eigenvalue weighted by molar-refractivity contribution is 7.91. The summed E-state index contributed by atoms with van der Waals surface area (Å²) < 4.78 is 30.7. The van der Waals surface area contributed by atoms with Crippen LogP contribution in [0.2, 0.25) is 10.0 Å². The lowest BCUT2D eigenvalue weighted by Gasteiger charge is -2.12. The molecule has 0 aliphatic carbocycles. The SMILES string of the molecule is CC(C)N.Cc1ccc(S(=O)(=O)c2ccc(OCCCO)c(Cl)c2Cl)cc1.Cl. The van der Waals surface area contributed by atoms with Gasteiger partial charge in [-0.1, -0.05) is 54.7 Å². The second-order valence-corrected chi connectivity index (χ2v) is 8.85. The zero-order chi connectivity index (χ0) is 20.6. The first kappa shape index (κ1) is 27.0. The molecule has 0 aliphatic rings. The van der Waals surface area contributed by atoms with Gasteiger partial charge in [0.05, 0.1) is 21.4 Å². The van der Waals surface area contributed by atoms with Crippen molar-refractivity contribution in [1.29, 1.82) is 0 Å². The Labute approximate surface area is 183 Å². The molecular formula is C19H26Cl3NO4S. The third-order valence-corrected chi connectivity index (χ3v) is 5.98. The summed E-state index contributed by atoms with van der Waals surface area (Å²) >= 11 is 12.2. The fourth-order valence-electron chi connectivity index (χ4n) is 1.92. The van der Waals surface area contributed by atoms with Gasteiger partial charge in [-0.05, 0) is 37.2 Å². The fraction of sp³-hybridized carbons (Fsp3) is 0.368. The van der Waals surface area contributed by atoms with Crippen LogP contribution in [0.3, 0.4) is 0 Å². The van der Waals surface area contributed by atoms with Crippen molar-refractivity contribution < 1.29 is 18.3 Å². The van der Waals surface area contributed by atoms with E-state index in [1.165, 1.54) is 24.3 Å². The van der Waals surface area contributed by atoms with Gasteiger partial charge < -0.3 is 15.6 Å². The molecule has 2 aromatic carbocycles. The lowest BCUT2D eigenvalue weighted by molar-refractivity contribution is 0.233. The molecule has 0 heterocycles. The molecule has 0 fully saturated rings. The maximum atomic E-state index is 12.7. The number of aliphatic hydroxyl groups is 1. The van der Waals surface area contributed by atoms with Gasteiger partial charge in [-0.3, -0.25) is 0 Å². The van der Waals surface area contributed by atoms with E-state index in [0.717, 1.165) is 5.56 Å². The van der Waals surface area contributed by atoms with E-state index in [4.69, 9.17) is 38.8 Å². The Morgan fingerprint density at radius 3 is 2.11 bits per heavy atom. The number of hydrogen-bond acceptors (Lipinski definition) is 5. The van der Waals surface area contributed by atoms with Crippen molar-refractivity contribution in [3.05, 3.63) is 52.0 Å². The summed E-state index contributed by atoms with van der Waals surface area (Å²) in [5.74, 6) is 0.285. The highest BCUT2D eigenvalue weighted by Gasteiger charge is 2.24. The van der Waals surface area contributed by atoms with Crippen LogP contribution in [0.25, 0.3) is 0 Å². The van der Waals surface area contributed by atoms with E-state index >= 15 is 0 Å². The normalized spacial score (nSPS) is 10.7. The number of nitrogens with two attached hydrogens (primary N) is 1. The van der Waals surface area contributed by atoms with Crippen molar-refractivity contribution in [2.75, 3.05) is 13.2 Å². The van der Waals surface area contributed by atoms with Crippen LogP contribution in [-0.4, -0.2) is 32.8 Å². The molecule has 0 spiro atoms. The van der Waals surface area contributed by atoms with Crippen molar-refractivity contribution in [3.63, 3.8) is 0 Å². The van der Waals surface area contributed by atoms with Gasteiger partial charge in [0.1, 0.15) is 10.8 Å². The van der Waals surface area contributed by atoms with E-state index in [9.17, 15) is 8.42 Å². The molecule has 5 nitrogen and oxygen atoms in total. The summed E-state index contributed by atoms with van der Waals surface area (Å²) in [6, 6.07) is 9.66. The summed E-state index contributed by atoms with van der Waals surface area (Å²) in [5.41, 5.74) is 6.07. The summed E-state index contributed by atoms with van der Waals surface area (Å²) in [7, 11) is -3.76. The first-order valence-electron chi connectivity index (χ1n) is 8.40. The Morgan fingerprint density at radius 1 is 1.07 bits per heavy atom. The quantitative estimate of drug-likeness (QED) is 0.599. The molecule has 0 aliphatic heterocycles. The zero-order valence-corrected chi connectivity index (χ0v) is 19.1. The number of ether oxygens (including phenoxy) is 1. The van der Waals surface area contributed by atoms with Crippen LogP contribution in [0.4, 0.5) is 0 Å². The van der Waals surface area contributed by atoms with Crippen LogP contribution in [0.1, 0.15) is 25.8 Å². The second kappa shape index (κ2) is 12.5. The van der Waals surface area contributed by atoms with Gasteiger partial charge in [0, 0.05) is 13.0 Å². The van der Waals surface area contributed by atoms with Crippen LogP contribution >= 0.6 is 35.6 Å². The Morgan fingerprint density at radius 2 is 1.61 bits per heavy atom. The minimum Gasteiger partial charge on any atom is -0.492 e. The van der Waals surface area contributed by atoms with E-state index < -0.39 is 9.84 Å². The first-order valence-corrected chi connectivity index (χ1v) is 10.6. The van der Waals surface area contributed by atoms with Gasteiger partial charge in [-0.25, -0.2) is 8.42 Å². The van der Waals surface area contributed by atoms with Crippen molar-refractivity contribution in [3.8, 4) is 5.75 Å². The third kappa shape index (κ3) is 7.78. The number of sulfone groups is 1. The van der Waals surface area contributed by atoms with Gasteiger partial charge in [0.15, 0.2) is 0 Å². The predicted octanol–water partition coefficient (Wildman–Crippen LogP) is 4.67. The molecule has 2 aromatic rings. The standard InChI is InChI=1S/C16H16Cl2O4S.C3H9N.ClH/c1-11-3-5-12(6-4-11)23(20,21)14-8-7-13(15(17)16(14)18)22-10-2-9-19;1-3(2)4;/h3-8,19H,2,9-10H2,1H3;3H,4H2,1-2H3;1H. The van der Waals surface area contributed by atoms with E-state index in [1.807, 2.05) is 20.8 Å². The Bertz CT molecular complexity index is 838. The number of hydrogen-bond donors (Lipinski definition) is 2. The Hall–Kier alpha value is -1.02. The number of rotatable bonds is 6. The molecule has 0 unspecified atom stereocenters. The van der Waals surface area contributed by atoms with Gasteiger partial charge >= 0.3 is 0 Å². The molecule has 0 bridgehead atoms. The minimum atomic E-state index is -3.76. The van der Waals surface area contributed by atoms with Crippen molar-refractivity contribution in [1.82, 2.24) is 0 Å². The van der Waals surface area contributed by atoms with Gasteiger partial charge in [-0.15, -0.1) is 12.4 Å². The van der Waals surface area contributed by atoms with Gasteiger partial charge in [0.25, 0.3) is 0 Å². The maximum Gasteiger partial charge on any atom is 0.208 e. The first-order chi connectivity index (χ1) is 12.6. The fourth-order valence-corrected chi connectivity index (χ4v) is 3.99. The van der Waals surface area contributed by atoms with E-state index in [0.29, 0.717) is 12.5 Å². The maximum absolute atomic E-state index is 12.7. The summed E-state index contributed by atoms with van der Waals surface area (Å²) in [6.07, 6.45) is 0.442. The van der Waals surface area contributed by atoms with Gasteiger partial charge in [0.2, 0.25) is 9.84 Å². The summed E-state index contributed by atoms with van der Waals surface area (Å²) in [4.78, 5) is 0.0811. The Kier molecular flexibility index (Phi) is 12.1. The van der Waals surface area contributed by atoms with Crippen LogP contribution in [0.5, 0.6) is 5.75 Å². The average Bonchev–Trinajstić information content (AvgIpc) is 2.58. The molecule has 28 heavy (non-hydrogen) atoms. The number of aliphatic hydroxyl groups excluding tert-OH is 1. The lowest BCUT2D eigenvalue weighted by Crippen LogP contribution is -2.06. The average molecular weight is 471 g/mol. The Balaban J connectivity index is 0.00000133. The van der Waals surface area contributed by atoms with Crippen molar-refractivity contribution in [2.45, 2.75) is 43.0 Å². The molecule has 0 radical (unpaired) electrons. The van der Waals surface area contributed by atoms with Crippen molar-refractivity contribution in [2.24, 2.45) is 5.73 Å². The largest absolute Gasteiger partial charge is 0.492 e. The minimum absolute atomic E-state index is 0. The van der Waals surface area contributed by atoms with Crippen LogP contribution in [0.15, 0.2) is 46.2 Å². The monoisotopic (exact) mass is 469 g/mol. The molecule has 0 atom stereocenters. The lowest BCUT2D eigenvalue weighted by atomic mass is 10.2. The zero-order valence-electron chi connectivity index (χ0n) is 16.0. The van der Waals surface area contributed by atoms with Gasteiger partial charge in [-0.2, -0.15) is 0 Å². The molecule has 2 rings (SSSR count). The predicted molar refractivity (Wildman–Crippen MR) is 117 cm³/mol. The van der Waals surface area contributed by atoms with Crippen molar-refractivity contribution >= 4 is 45.4 Å².